The highest BCUT2D eigenvalue weighted by Gasteiger charge is 2.17. The molecule has 0 amide bonds. The molecule has 1 rings (SSSR count). The number of sulfone groups is 1. The van der Waals surface area contributed by atoms with Crippen LogP contribution in [0.4, 0.5) is 0 Å². The molecule has 0 spiro atoms. The van der Waals surface area contributed by atoms with Crippen LogP contribution in [0.2, 0.25) is 0 Å². The molecule has 0 aromatic heterocycles. The normalized spacial score (nSPS) is 25.1. The zero-order valence-corrected chi connectivity index (χ0v) is 10.5. The molecule has 1 fully saturated rings. The van der Waals surface area contributed by atoms with Crippen LogP contribution in [0.1, 0.15) is 13.3 Å². The second-order valence-electron chi connectivity index (χ2n) is 4.13. The van der Waals surface area contributed by atoms with Crippen molar-refractivity contribution < 1.29 is 8.42 Å². The first-order chi connectivity index (χ1) is 6.47. The van der Waals surface area contributed by atoms with Gasteiger partial charge >= 0.3 is 0 Å². The van der Waals surface area contributed by atoms with Crippen molar-refractivity contribution in [3.63, 3.8) is 0 Å². The second kappa shape index (κ2) is 5.37. The first-order valence-electron chi connectivity index (χ1n) is 4.96. The number of hydrogen-bond donors (Lipinski definition) is 1. The summed E-state index contributed by atoms with van der Waals surface area (Å²) in [5, 5.41) is 3.29. The molecule has 0 aromatic carbocycles. The van der Waals surface area contributed by atoms with Crippen LogP contribution in [0, 0.1) is 5.92 Å². The van der Waals surface area contributed by atoms with E-state index < -0.39 is 9.84 Å². The standard InChI is InChI=1S/C9H19NO2S2/c1-8(7-14(2,11)12)10-5-9-3-4-13-6-9/h8-10H,3-7H2,1-2H3. The molecule has 1 aliphatic heterocycles. The van der Waals surface area contributed by atoms with Gasteiger partial charge in [0.2, 0.25) is 0 Å². The first kappa shape index (κ1) is 12.3. The maximum atomic E-state index is 11.0. The van der Waals surface area contributed by atoms with Crippen LogP contribution in [-0.2, 0) is 9.84 Å². The average molecular weight is 237 g/mol. The maximum Gasteiger partial charge on any atom is 0.148 e. The third-order valence-corrected chi connectivity index (χ3v) is 4.67. The topological polar surface area (TPSA) is 46.2 Å². The van der Waals surface area contributed by atoms with Gasteiger partial charge in [0.25, 0.3) is 0 Å². The van der Waals surface area contributed by atoms with Gasteiger partial charge in [0, 0.05) is 12.3 Å². The third kappa shape index (κ3) is 5.22. The average Bonchev–Trinajstić information content (AvgIpc) is 2.49. The van der Waals surface area contributed by atoms with Crippen molar-refractivity contribution in [2.75, 3.05) is 30.1 Å². The van der Waals surface area contributed by atoms with E-state index in [1.165, 1.54) is 24.2 Å². The van der Waals surface area contributed by atoms with Gasteiger partial charge in [-0.2, -0.15) is 11.8 Å². The van der Waals surface area contributed by atoms with E-state index in [0.717, 1.165) is 12.5 Å². The molecule has 14 heavy (non-hydrogen) atoms. The lowest BCUT2D eigenvalue weighted by Crippen LogP contribution is -2.36. The summed E-state index contributed by atoms with van der Waals surface area (Å²) in [6, 6.07) is 0.0793. The van der Waals surface area contributed by atoms with Crippen LogP contribution in [-0.4, -0.2) is 44.5 Å². The van der Waals surface area contributed by atoms with Gasteiger partial charge in [-0.1, -0.05) is 0 Å². The molecule has 1 heterocycles. The quantitative estimate of drug-likeness (QED) is 0.767. The highest BCUT2D eigenvalue weighted by atomic mass is 32.2. The van der Waals surface area contributed by atoms with Gasteiger partial charge in [0.05, 0.1) is 5.75 Å². The van der Waals surface area contributed by atoms with Crippen molar-refractivity contribution in [3.8, 4) is 0 Å². The van der Waals surface area contributed by atoms with Crippen LogP contribution in [0.3, 0.4) is 0 Å². The largest absolute Gasteiger partial charge is 0.313 e. The van der Waals surface area contributed by atoms with E-state index in [2.05, 4.69) is 5.32 Å². The lowest BCUT2D eigenvalue weighted by molar-refractivity contribution is 0.482. The Hall–Kier alpha value is 0.260. The zero-order valence-electron chi connectivity index (χ0n) is 8.82. The minimum atomic E-state index is -2.84. The molecule has 5 heteroatoms. The summed E-state index contributed by atoms with van der Waals surface area (Å²) >= 11 is 1.99. The van der Waals surface area contributed by atoms with E-state index in [-0.39, 0.29) is 11.8 Å². The number of thioether (sulfide) groups is 1. The van der Waals surface area contributed by atoms with Crippen molar-refractivity contribution in [2.45, 2.75) is 19.4 Å². The molecule has 0 aliphatic carbocycles. The molecule has 84 valence electrons. The van der Waals surface area contributed by atoms with E-state index in [1.807, 2.05) is 18.7 Å². The Morgan fingerprint density at radius 3 is 2.79 bits per heavy atom. The highest BCUT2D eigenvalue weighted by molar-refractivity contribution is 7.99. The lowest BCUT2D eigenvalue weighted by atomic mass is 10.1. The molecule has 0 radical (unpaired) electrons. The summed E-state index contributed by atoms with van der Waals surface area (Å²) in [7, 11) is -2.84. The second-order valence-corrected chi connectivity index (χ2v) is 7.47. The molecule has 3 nitrogen and oxygen atoms in total. The fourth-order valence-corrected chi connectivity index (χ4v) is 3.94. The molecule has 2 atom stereocenters. The molecular formula is C9H19NO2S2. The van der Waals surface area contributed by atoms with Crippen LogP contribution >= 0.6 is 11.8 Å². The van der Waals surface area contributed by atoms with Crippen molar-refractivity contribution in [3.05, 3.63) is 0 Å². The molecule has 0 aromatic rings. The van der Waals surface area contributed by atoms with Gasteiger partial charge in [0.1, 0.15) is 9.84 Å². The predicted molar refractivity (Wildman–Crippen MR) is 62.6 cm³/mol. The molecule has 1 saturated heterocycles. The molecule has 1 N–H and O–H groups in total. The molecular weight excluding hydrogens is 218 g/mol. The zero-order chi connectivity index (χ0) is 10.6. The minimum absolute atomic E-state index is 0.0793. The summed E-state index contributed by atoms with van der Waals surface area (Å²) in [5.74, 6) is 3.46. The summed E-state index contributed by atoms with van der Waals surface area (Å²) in [6.07, 6.45) is 2.56. The van der Waals surface area contributed by atoms with E-state index in [4.69, 9.17) is 0 Å². The predicted octanol–water partition coefficient (Wildman–Crippen LogP) is 0.762. The van der Waals surface area contributed by atoms with E-state index in [1.54, 1.807) is 0 Å². The Labute approximate surface area is 91.0 Å². The number of hydrogen-bond acceptors (Lipinski definition) is 4. The highest BCUT2D eigenvalue weighted by Crippen LogP contribution is 2.22. The van der Waals surface area contributed by atoms with Gasteiger partial charge in [-0.05, 0) is 37.3 Å². The summed E-state index contributed by atoms with van der Waals surface area (Å²) in [6.45, 7) is 2.90. The molecule has 2 unspecified atom stereocenters. The van der Waals surface area contributed by atoms with Crippen molar-refractivity contribution in [1.29, 1.82) is 0 Å². The summed E-state index contributed by atoms with van der Waals surface area (Å²) < 4.78 is 22.0. The van der Waals surface area contributed by atoms with Crippen molar-refractivity contribution in [2.24, 2.45) is 5.92 Å². The van der Waals surface area contributed by atoms with Gasteiger partial charge in [-0.3, -0.25) is 0 Å². The van der Waals surface area contributed by atoms with Crippen molar-refractivity contribution in [1.82, 2.24) is 5.32 Å². The molecule has 0 saturated carbocycles. The Balaban J connectivity index is 2.17. The van der Waals surface area contributed by atoms with Crippen molar-refractivity contribution >= 4 is 21.6 Å². The van der Waals surface area contributed by atoms with Gasteiger partial charge in [-0.15, -0.1) is 0 Å². The van der Waals surface area contributed by atoms with Gasteiger partial charge < -0.3 is 5.32 Å². The third-order valence-electron chi connectivity index (χ3n) is 2.33. The smallest absolute Gasteiger partial charge is 0.148 e. The van der Waals surface area contributed by atoms with Crippen LogP contribution in [0.5, 0.6) is 0 Å². The van der Waals surface area contributed by atoms with E-state index in [0.29, 0.717) is 0 Å². The van der Waals surface area contributed by atoms with Crippen LogP contribution in [0.25, 0.3) is 0 Å². The van der Waals surface area contributed by atoms with Crippen LogP contribution < -0.4 is 5.32 Å². The Bertz CT molecular complexity index is 258. The lowest BCUT2D eigenvalue weighted by Gasteiger charge is -2.15. The Morgan fingerprint density at radius 2 is 2.29 bits per heavy atom. The minimum Gasteiger partial charge on any atom is -0.313 e. The van der Waals surface area contributed by atoms with Crippen LogP contribution in [0.15, 0.2) is 0 Å². The van der Waals surface area contributed by atoms with Gasteiger partial charge in [0.15, 0.2) is 0 Å². The molecule has 1 aliphatic rings. The Kier molecular flexibility index (Phi) is 4.73. The summed E-state index contributed by atoms with van der Waals surface area (Å²) in [4.78, 5) is 0. The SMILES string of the molecule is CC(CS(C)(=O)=O)NCC1CCSC1. The van der Waals surface area contributed by atoms with E-state index in [9.17, 15) is 8.42 Å². The number of nitrogens with one attached hydrogen (secondary N) is 1. The van der Waals surface area contributed by atoms with E-state index >= 15 is 0 Å². The fourth-order valence-electron chi connectivity index (χ4n) is 1.63. The monoisotopic (exact) mass is 237 g/mol. The number of rotatable bonds is 5. The maximum absolute atomic E-state index is 11.0. The summed E-state index contributed by atoms with van der Waals surface area (Å²) in [5.41, 5.74) is 0. The molecule has 0 bridgehead atoms. The Morgan fingerprint density at radius 1 is 1.57 bits per heavy atom. The fraction of sp³-hybridized carbons (Fsp3) is 1.00. The van der Waals surface area contributed by atoms with Gasteiger partial charge in [-0.25, -0.2) is 8.42 Å². The first-order valence-corrected chi connectivity index (χ1v) is 8.18.